The lowest BCUT2D eigenvalue weighted by atomic mass is 10.2. The van der Waals surface area contributed by atoms with Gasteiger partial charge in [-0.15, -0.1) is 0 Å². The maximum atomic E-state index is 12.4. The SMILES string of the molecule is CCCCOc1ccccc1NC(=O)c1cc2ccccc2o1. The molecule has 0 spiro atoms. The van der Waals surface area contributed by atoms with Gasteiger partial charge in [-0.3, -0.25) is 4.79 Å². The first-order chi connectivity index (χ1) is 11.3. The fourth-order valence-electron chi connectivity index (χ4n) is 2.30. The second-order valence-electron chi connectivity index (χ2n) is 5.30. The van der Waals surface area contributed by atoms with Gasteiger partial charge in [-0.1, -0.05) is 43.7 Å². The number of fused-ring (bicyclic) bond motifs is 1. The third-order valence-corrected chi connectivity index (χ3v) is 3.54. The summed E-state index contributed by atoms with van der Waals surface area (Å²) in [5.41, 5.74) is 1.35. The number of amides is 1. The number of furan rings is 1. The molecule has 0 saturated carbocycles. The van der Waals surface area contributed by atoms with Crippen molar-refractivity contribution in [1.82, 2.24) is 0 Å². The Morgan fingerprint density at radius 1 is 1.13 bits per heavy atom. The summed E-state index contributed by atoms with van der Waals surface area (Å²) < 4.78 is 11.3. The minimum Gasteiger partial charge on any atom is -0.491 e. The van der Waals surface area contributed by atoms with E-state index in [1.54, 1.807) is 6.07 Å². The molecule has 0 bridgehead atoms. The van der Waals surface area contributed by atoms with Crippen molar-refractivity contribution in [3.63, 3.8) is 0 Å². The van der Waals surface area contributed by atoms with Crippen LogP contribution in [0.2, 0.25) is 0 Å². The number of rotatable bonds is 6. The normalized spacial score (nSPS) is 10.7. The summed E-state index contributed by atoms with van der Waals surface area (Å²) in [5, 5.41) is 3.76. The number of unbranched alkanes of at least 4 members (excludes halogenated alkanes) is 1. The van der Waals surface area contributed by atoms with Gasteiger partial charge in [-0.05, 0) is 30.7 Å². The van der Waals surface area contributed by atoms with Crippen molar-refractivity contribution in [3.8, 4) is 5.75 Å². The van der Waals surface area contributed by atoms with Gasteiger partial charge < -0.3 is 14.5 Å². The van der Waals surface area contributed by atoms with Gasteiger partial charge >= 0.3 is 0 Å². The summed E-state index contributed by atoms with van der Waals surface area (Å²) in [6.07, 6.45) is 2.04. The van der Waals surface area contributed by atoms with Gasteiger partial charge in [0.25, 0.3) is 5.91 Å². The Bertz CT molecular complexity index is 774. The van der Waals surface area contributed by atoms with Crippen molar-refractivity contribution in [3.05, 3.63) is 60.4 Å². The van der Waals surface area contributed by atoms with Crippen LogP contribution in [0, 0.1) is 0 Å². The quantitative estimate of drug-likeness (QED) is 0.661. The number of carbonyl (C=O) groups excluding carboxylic acids is 1. The van der Waals surface area contributed by atoms with Crippen LogP contribution in [-0.4, -0.2) is 12.5 Å². The molecule has 0 radical (unpaired) electrons. The topological polar surface area (TPSA) is 51.5 Å². The average molecular weight is 309 g/mol. The molecule has 4 nitrogen and oxygen atoms in total. The van der Waals surface area contributed by atoms with Gasteiger partial charge in [0, 0.05) is 5.39 Å². The van der Waals surface area contributed by atoms with Crippen molar-refractivity contribution in [2.45, 2.75) is 19.8 Å². The molecule has 3 aromatic rings. The molecule has 118 valence electrons. The molecular formula is C19H19NO3. The Morgan fingerprint density at radius 2 is 1.91 bits per heavy atom. The monoisotopic (exact) mass is 309 g/mol. The molecule has 1 aromatic heterocycles. The van der Waals surface area contributed by atoms with Gasteiger partial charge in [-0.2, -0.15) is 0 Å². The van der Waals surface area contributed by atoms with Crippen molar-refractivity contribution < 1.29 is 13.9 Å². The zero-order valence-corrected chi connectivity index (χ0v) is 13.0. The predicted octanol–water partition coefficient (Wildman–Crippen LogP) is 4.86. The first kappa shape index (κ1) is 15.2. The molecule has 0 fully saturated rings. The van der Waals surface area contributed by atoms with E-state index in [0.717, 1.165) is 18.2 Å². The Balaban J connectivity index is 1.77. The minimum atomic E-state index is -0.284. The molecule has 0 atom stereocenters. The number of nitrogens with one attached hydrogen (secondary N) is 1. The molecule has 1 N–H and O–H groups in total. The molecule has 3 rings (SSSR count). The Labute approximate surface area is 135 Å². The Kier molecular flexibility index (Phi) is 4.62. The largest absolute Gasteiger partial charge is 0.491 e. The fourth-order valence-corrected chi connectivity index (χ4v) is 2.30. The van der Waals surface area contributed by atoms with E-state index in [9.17, 15) is 4.79 Å². The zero-order valence-electron chi connectivity index (χ0n) is 13.0. The van der Waals surface area contributed by atoms with Gasteiger partial charge in [0.1, 0.15) is 11.3 Å². The van der Waals surface area contributed by atoms with Gasteiger partial charge in [-0.25, -0.2) is 0 Å². The number of benzene rings is 2. The van der Waals surface area contributed by atoms with Crippen molar-refractivity contribution in [1.29, 1.82) is 0 Å². The summed E-state index contributed by atoms with van der Waals surface area (Å²) in [7, 11) is 0. The molecule has 0 saturated heterocycles. The summed E-state index contributed by atoms with van der Waals surface area (Å²) in [6.45, 7) is 2.74. The zero-order chi connectivity index (χ0) is 16.1. The van der Waals surface area contributed by atoms with E-state index in [-0.39, 0.29) is 11.7 Å². The van der Waals surface area contributed by atoms with Crippen LogP contribution in [0.4, 0.5) is 5.69 Å². The second kappa shape index (κ2) is 7.01. The van der Waals surface area contributed by atoms with E-state index in [4.69, 9.17) is 9.15 Å². The van der Waals surface area contributed by atoms with Crippen LogP contribution < -0.4 is 10.1 Å². The second-order valence-corrected chi connectivity index (χ2v) is 5.30. The number of hydrogen-bond donors (Lipinski definition) is 1. The highest BCUT2D eigenvalue weighted by molar-refractivity contribution is 6.05. The molecule has 23 heavy (non-hydrogen) atoms. The first-order valence-corrected chi connectivity index (χ1v) is 7.79. The van der Waals surface area contributed by atoms with Crippen LogP contribution in [0.5, 0.6) is 5.75 Å². The van der Waals surface area contributed by atoms with E-state index in [1.807, 2.05) is 48.5 Å². The molecule has 0 aliphatic carbocycles. The summed E-state index contributed by atoms with van der Waals surface area (Å²) in [6, 6.07) is 16.7. The third-order valence-electron chi connectivity index (χ3n) is 3.54. The molecule has 1 amide bonds. The van der Waals surface area contributed by atoms with Gasteiger partial charge in [0.05, 0.1) is 12.3 Å². The van der Waals surface area contributed by atoms with Crippen molar-refractivity contribution in [2.75, 3.05) is 11.9 Å². The lowest BCUT2D eigenvalue weighted by molar-refractivity contribution is 0.0998. The molecular weight excluding hydrogens is 290 g/mol. The lowest BCUT2D eigenvalue weighted by Crippen LogP contribution is -2.12. The number of hydrogen-bond acceptors (Lipinski definition) is 3. The first-order valence-electron chi connectivity index (χ1n) is 7.79. The molecule has 4 heteroatoms. The number of para-hydroxylation sites is 3. The van der Waals surface area contributed by atoms with Gasteiger partial charge in [0.2, 0.25) is 0 Å². The highest BCUT2D eigenvalue weighted by Gasteiger charge is 2.14. The predicted molar refractivity (Wildman–Crippen MR) is 91.0 cm³/mol. The number of ether oxygens (including phenoxy) is 1. The highest BCUT2D eigenvalue weighted by Crippen LogP contribution is 2.26. The highest BCUT2D eigenvalue weighted by atomic mass is 16.5. The van der Waals surface area contributed by atoms with Crippen LogP contribution in [0.1, 0.15) is 30.3 Å². The van der Waals surface area contributed by atoms with E-state index in [0.29, 0.717) is 23.6 Å². The average Bonchev–Trinajstić information content (AvgIpc) is 3.01. The lowest BCUT2D eigenvalue weighted by Gasteiger charge is -2.11. The summed E-state index contributed by atoms with van der Waals surface area (Å²) >= 11 is 0. The molecule has 0 aliphatic heterocycles. The summed E-state index contributed by atoms with van der Waals surface area (Å²) in [4.78, 5) is 12.4. The van der Waals surface area contributed by atoms with E-state index >= 15 is 0 Å². The van der Waals surface area contributed by atoms with E-state index in [2.05, 4.69) is 12.2 Å². The molecule has 0 unspecified atom stereocenters. The third kappa shape index (κ3) is 3.54. The Morgan fingerprint density at radius 3 is 2.74 bits per heavy atom. The molecule has 2 aromatic carbocycles. The van der Waals surface area contributed by atoms with Crippen molar-refractivity contribution in [2.24, 2.45) is 0 Å². The van der Waals surface area contributed by atoms with Crippen molar-refractivity contribution >= 4 is 22.6 Å². The molecule has 0 aliphatic rings. The van der Waals surface area contributed by atoms with Crippen LogP contribution in [0.25, 0.3) is 11.0 Å². The smallest absolute Gasteiger partial charge is 0.291 e. The van der Waals surface area contributed by atoms with Crippen LogP contribution >= 0.6 is 0 Å². The van der Waals surface area contributed by atoms with Crippen LogP contribution in [-0.2, 0) is 0 Å². The summed E-state index contributed by atoms with van der Waals surface area (Å²) in [5.74, 6) is 0.674. The maximum absolute atomic E-state index is 12.4. The van der Waals surface area contributed by atoms with Gasteiger partial charge in [0.15, 0.2) is 5.76 Å². The van der Waals surface area contributed by atoms with Crippen LogP contribution in [0.3, 0.4) is 0 Å². The molecule has 1 heterocycles. The standard InChI is InChI=1S/C19H19NO3/c1-2-3-12-22-17-11-7-5-9-15(17)20-19(21)18-13-14-8-4-6-10-16(14)23-18/h4-11,13H,2-3,12H2,1H3,(H,20,21). The van der Waals surface area contributed by atoms with Crippen LogP contribution in [0.15, 0.2) is 59.0 Å². The van der Waals surface area contributed by atoms with E-state index in [1.165, 1.54) is 0 Å². The van der Waals surface area contributed by atoms with E-state index < -0.39 is 0 Å². The number of anilines is 1. The minimum absolute atomic E-state index is 0.284. The maximum Gasteiger partial charge on any atom is 0.291 e. The number of carbonyl (C=O) groups is 1. The fraction of sp³-hybridized carbons (Fsp3) is 0.211. The Hall–Kier alpha value is -2.75.